The van der Waals surface area contributed by atoms with Crippen LogP contribution < -0.4 is 5.32 Å². The van der Waals surface area contributed by atoms with Gasteiger partial charge in [0.25, 0.3) is 0 Å². The van der Waals surface area contributed by atoms with Gasteiger partial charge in [-0.25, -0.2) is 0 Å². The first-order chi connectivity index (χ1) is 10.8. The summed E-state index contributed by atoms with van der Waals surface area (Å²) < 4.78 is 5.17. The molecule has 0 aliphatic carbocycles. The average Bonchev–Trinajstić information content (AvgIpc) is 3.35. The fourth-order valence-corrected chi connectivity index (χ4v) is 2.47. The molecule has 0 aromatic rings. The summed E-state index contributed by atoms with van der Waals surface area (Å²) in [6, 6.07) is 0. The normalized spacial score (nSPS) is 16.2. The Bertz CT molecular complexity index is 186. The van der Waals surface area contributed by atoms with E-state index in [2.05, 4.69) is 26.1 Å². The number of epoxide rings is 1. The zero-order valence-corrected chi connectivity index (χ0v) is 15.8. The number of nitrogens with one attached hydrogen (secondary N) is 1. The second-order valence-electron chi connectivity index (χ2n) is 6.68. The molecule has 0 saturated carbocycles. The van der Waals surface area contributed by atoms with Crippen molar-refractivity contribution in [1.29, 1.82) is 0 Å². The Morgan fingerprint density at radius 2 is 1.14 bits per heavy atom. The van der Waals surface area contributed by atoms with Crippen molar-refractivity contribution in [3.05, 3.63) is 0 Å². The van der Waals surface area contributed by atoms with Crippen molar-refractivity contribution in [2.24, 2.45) is 0 Å². The van der Waals surface area contributed by atoms with Gasteiger partial charge in [0.2, 0.25) is 0 Å². The van der Waals surface area contributed by atoms with Crippen molar-refractivity contribution in [3.8, 4) is 0 Å². The summed E-state index contributed by atoms with van der Waals surface area (Å²) in [5, 5.41) is 3.39. The van der Waals surface area contributed by atoms with E-state index < -0.39 is 0 Å². The highest BCUT2D eigenvalue weighted by Crippen LogP contribution is 2.18. The molecular weight excluding hydrogens is 270 g/mol. The molecule has 0 bridgehead atoms. The van der Waals surface area contributed by atoms with Crippen molar-refractivity contribution in [1.82, 2.24) is 5.32 Å². The summed E-state index contributed by atoms with van der Waals surface area (Å²) in [6.07, 6.45) is 18.6. The summed E-state index contributed by atoms with van der Waals surface area (Å²) in [5.74, 6) is 0. The van der Waals surface area contributed by atoms with E-state index in [0.717, 1.165) is 6.61 Å². The molecule has 1 N–H and O–H groups in total. The predicted molar refractivity (Wildman–Crippen MR) is 99.7 cm³/mol. The van der Waals surface area contributed by atoms with E-state index in [9.17, 15) is 0 Å². The zero-order chi connectivity index (χ0) is 16.3. The van der Waals surface area contributed by atoms with Gasteiger partial charge >= 0.3 is 0 Å². The smallest absolute Gasteiger partial charge is 0.0810 e. The fourth-order valence-electron chi connectivity index (χ4n) is 2.47. The maximum atomic E-state index is 5.17. The summed E-state index contributed by atoms with van der Waals surface area (Å²) in [6.45, 7) is 10.2. The van der Waals surface area contributed by atoms with Crippen molar-refractivity contribution < 1.29 is 4.74 Å². The van der Waals surface area contributed by atoms with Crippen molar-refractivity contribution in [2.45, 2.75) is 110 Å². The van der Waals surface area contributed by atoms with E-state index in [1.807, 2.05) is 0 Å². The van der Waals surface area contributed by atoms with Crippen LogP contribution in [0.4, 0.5) is 0 Å². The quantitative estimate of drug-likeness (QED) is 0.292. The Balaban J connectivity index is 0.000000433. The first kappa shape index (κ1) is 21.9. The molecule has 0 spiro atoms. The summed E-state index contributed by atoms with van der Waals surface area (Å²) in [7, 11) is 0. The molecule has 1 aliphatic heterocycles. The number of rotatable bonds is 15. The van der Waals surface area contributed by atoms with Crippen LogP contribution in [0.5, 0.6) is 0 Å². The van der Waals surface area contributed by atoms with Crippen LogP contribution in [-0.4, -0.2) is 25.8 Å². The highest BCUT2D eigenvalue weighted by Gasteiger charge is 2.20. The van der Waals surface area contributed by atoms with Gasteiger partial charge in [0.05, 0.1) is 12.7 Å². The van der Waals surface area contributed by atoms with Crippen LogP contribution in [-0.2, 0) is 4.74 Å². The Morgan fingerprint density at radius 1 is 0.682 bits per heavy atom. The molecule has 1 saturated heterocycles. The standard InChI is InChI=1S/C12H24O.C8H19N/c1-2-3-4-5-6-7-8-9-10-12-11-13-12;1-3-5-7-9-8-6-4-2/h12H,2-11H2,1H3;9H,3-8H2,1-2H3. The van der Waals surface area contributed by atoms with E-state index in [1.165, 1.54) is 96.6 Å². The van der Waals surface area contributed by atoms with Crippen LogP contribution in [0.3, 0.4) is 0 Å². The molecule has 1 unspecified atom stereocenters. The lowest BCUT2D eigenvalue weighted by Gasteiger charge is -1.99. The second kappa shape index (κ2) is 19.0. The van der Waals surface area contributed by atoms with Crippen molar-refractivity contribution in [2.75, 3.05) is 19.7 Å². The van der Waals surface area contributed by atoms with Crippen LogP contribution in [0, 0.1) is 0 Å². The Morgan fingerprint density at radius 3 is 1.59 bits per heavy atom. The minimum Gasteiger partial charge on any atom is -0.373 e. The summed E-state index contributed by atoms with van der Waals surface area (Å²) in [4.78, 5) is 0. The van der Waals surface area contributed by atoms with Crippen LogP contribution in [0.1, 0.15) is 104 Å². The van der Waals surface area contributed by atoms with Gasteiger partial charge in [0.1, 0.15) is 0 Å². The van der Waals surface area contributed by atoms with E-state index in [0.29, 0.717) is 6.10 Å². The third kappa shape index (κ3) is 19.9. The second-order valence-corrected chi connectivity index (χ2v) is 6.68. The Hall–Kier alpha value is -0.0800. The van der Waals surface area contributed by atoms with Gasteiger partial charge in [-0.1, -0.05) is 85.0 Å². The van der Waals surface area contributed by atoms with Gasteiger partial charge < -0.3 is 10.1 Å². The fraction of sp³-hybridized carbons (Fsp3) is 1.00. The molecule has 0 radical (unpaired) electrons. The summed E-state index contributed by atoms with van der Waals surface area (Å²) in [5.41, 5.74) is 0. The molecule has 1 heterocycles. The molecule has 1 aliphatic rings. The maximum Gasteiger partial charge on any atom is 0.0810 e. The Kier molecular flexibility index (Phi) is 18.9. The lowest BCUT2D eigenvalue weighted by atomic mass is 10.1. The molecule has 1 atom stereocenters. The van der Waals surface area contributed by atoms with Gasteiger partial charge in [-0.2, -0.15) is 0 Å². The third-order valence-electron chi connectivity index (χ3n) is 4.20. The predicted octanol–water partition coefficient (Wildman–Crippen LogP) is 6.09. The molecule has 0 aromatic heterocycles. The van der Waals surface area contributed by atoms with Gasteiger partial charge in [-0.3, -0.25) is 0 Å². The van der Waals surface area contributed by atoms with Crippen LogP contribution >= 0.6 is 0 Å². The number of ether oxygens (including phenoxy) is 1. The van der Waals surface area contributed by atoms with Gasteiger partial charge in [0, 0.05) is 0 Å². The number of hydrogen-bond acceptors (Lipinski definition) is 2. The minimum absolute atomic E-state index is 0.653. The lowest BCUT2D eigenvalue weighted by molar-refractivity contribution is 0.387. The van der Waals surface area contributed by atoms with E-state index >= 15 is 0 Å². The van der Waals surface area contributed by atoms with Gasteiger partial charge in [0.15, 0.2) is 0 Å². The zero-order valence-electron chi connectivity index (χ0n) is 15.8. The van der Waals surface area contributed by atoms with Crippen LogP contribution in [0.2, 0.25) is 0 Å². The summed E-state index contributed by atoms with van der Waals surface area (Å²) >= 11 is 0. The lowest BCUT2D eigenvalue weighted by Crippen LogP contribution is -2.15. The topological polar surface area (TPSA) is 24.6 Å². The van der Waals surface area contributed by atoms with Gasteiger partial charge in [-0.15, -0.1) is 0 Å². The average molecular weight is 314 g/mol. The van der Waals surface area contributed by atoms with E-state index in [1.54, 1.807) is 0 Å². The minimum atomic E-state index is 0.653. The van der Waals surface area contributed by atoms with Gasteiger partial charge in [-0.05, 0) is 32.4 Å². The van der Waals surface area contributed by atoms with Crippen LogP contribution in [0.25, 0.3) is 0 Å². The van der Waals surface area contributed by atoms with Crippen molar-refractivity contribution >= 4 is 0 Å². The molecule has 1 rings (SSSR count). The molecule has 2 heteroatoms. The Labute approximate surface area is 140 Å². The van der Waals surface area contributed by atoms with E-state index in [4.69, 9.17) is 4.74 Å². The SMILES string of the molecule is CCCCCCCCCCC1CO1.CCCCNCCCC. The molecule has 0 amide bonds. The molecule has 1 fully saturated rings. The maximum absolute atomic E-state index is 5.17. The highest BCUT2D eigenvalue weighted by molar-refractivity contribution is 4.68. The third-order valence-corrected chi connectivity index (χ3v) is 4.20. The molecule has 134 valence electrons. The first-order valence-electron chi connectivity index (χ1n) is 10.2. The molecule has 0 aromatic carbocycles. The highest BCUT2D eigenvalue weighted by atomic mass is 16.6. The first-order valence-corrected chi connectivity index (χ1v) is 10.2. The van der Waals surface area contributed by atoms with E-state index in [-0.39, 0.29) is 0 Å². The largest absolute Gasteiger partial charge is 0.373 e. The number of unbranched alkanes of at least 4 members (excludes halogenated alkanes) is 9. The van der Waals surface area contributed by atoms with Crippen LogP contribution in [0.15, 0.2) is 0 Å². The monoisotopic (exact) mass is 313 g/mol. The molecule has 22 heavy (non-hydrogen) atoms. The number of hydrogen-bond donors (Lipinski definition) is 1. The molecule has 2 nitrogen and oxygen atoms in total. The van der Waals surface area contributed by atoms with Crippen molar-refractivity contribution in [3.63, 3.8) is 0 Å². The molecular formula is C20H43NO.